The SMILES string of the molecule is N#Cc1cc(C#N)c(COC23CC4CC(CC(C4)C2)C3)cc1C#N. The minimum absolute atomic E-state index is 0.0256. The summed E-state index contributed by atoms with van der Waals surface area (Å²) in [5.74, 6) is 2.42. The Morgan fingerprint density at radius 2 is 1.33 bits per heavy atom. The summed E-state index contributed by atoms with van der Waals surface area (Å²) in [6.45, 7) is 0.357. The summed E-state index contributed by atoms with van der Waals surface area (Å²) in [5, 5.41) is 27.7. The van der Waals surface area contributed by atoms with Crippen LogP contribution in [0.15, 0.2) is 12.1 Å². The summed E-state index contributed by atoms with van der Waals surface area (Å²) >= 11 is 0. The highest BCUT2D eigenvalue weighted by molar-refractivity contribution is 5.53. The molecule has 1 aromatic carbocycles. The van der Waals surface area contributed by atoms with Gasteiger partial charge in [0.25, 0.3) is 0 Å². The molecule has 0 radical (unpaired) electrons. The standard InChI is InChI=1S/C20H19N3O/c21-9-16-4-18(11-23)19(5-17(16)10-22)12-24-20-6-13-1-14(7-20)3-15(2-13)8-20/h4-5,13-15H,1-3,6-8,12H2. The van der Waals surface area contributed by atoms with Crippen LogP contribution in [0.25, 0.3) is 0 Å². The van der Waals surface area contributed by atoms with E-state index in [1.807, 2.05) is 12.1 Å². The Kier molecular flexibility index (Phi) is 3.56. The Bertz CT molecular complexity index is 771. The van der Waals surface area contributed by atoms with Crippen LogP contribution in [0.3, 0.4) is 0 Å². The first kappa shape index (κ1) is 15.2. The van der Waals surface area contributed by atoms with Crippen LogP contribution in [-0.2, 0) is 11.3 Å². The van der Waals surface area contributed by atoms with Crippen molar-refractivity contribution in [2.45, 2.75) is 50.7 Å². The Morgan fingerprint density at radius 3 is 1.83 bits per heavy atom. The molecule has 4 nitrogen and oxygen atoms in total. The molecule has 4 aliphatic carbocycles. The quantitative estimate of drug-likeness (QED) is 0.849. The van der Waals surface area contributed by atoms with E-state index in [0.717, 1.165) is 42.6 Å². The molecule has 5 rings (SSSR count). The first-order chi connectivity index (χ1) is 11.6. The molecule has 4 aliphatic rings. The lowest BCUT2D eigenvalue weighted by Gasteiger charge is -2.56. The van der Waals surface area contributed by atoms with Crippen molar-refractivity contribution in [2.24, 2.45) is 17.8 Å². The van der Waals surface area contributed by atoms with Crippen molar-refractivity contribution in [3.05, 3.63) is 34.4 Å². The monoisotopic (exact) mass is 317 g/mol. The maximum absolute atomic E-state index is 9.36. The van der Waals surface area contributed by atoms with Crippen molar-refractivity contribution < 1.29 is 4.74 Å². The van der Waals surface area contributed by atoms with Crippen molar-refractivity contribution in [3.8, 4) is 18.2 Å². The lowest BCUT2D eigenvalue weighted by atomic mass is 9.54. The third-order valence-electron chi connectivity index (χ3n) is 6.12. The maximum atomic E-state index is 9.36. The summed E-state index contributed by atoms with van der Waals surface area (Å²) in [4.78, 5) is 0. The molecule has 4 heteroatoms. The zero-order chi connectivity index (χ0) is 16.7. The van der Waals surface area contributed by atoms with E-state index in [-0.39, 0.29) is 11.2 Å². The fraction of sp³-hybridized carbons (Fsp3) is 0.550. The van der Waals surface area contributed by atoms with E-state index in [9.17, 15) is 10.5 Å². The van der Waals surface area contributed by atoms with Crippen LogP contribution in [0.4, 0.5) is 0 Å². The van der Waals surface area contributed by atoms with Gasteiger partial charge in [0.1, 0.15) is 12.1 Å². The van der Waals surface area contributed by atoms with Gasteiger partial charge in [-0.25, -0.2) is 0 Å². The lowest BCUT2D eigenvalue weighted by Crippen LogP contribution is -2.51. The van der Waals surface area contributed by atoms with Crippen LogP contribution in [0.1, 0.15) is 60.8 Å². The molecule has 0 heterocycles. The molecule has 0 aliphatic heterocycles. The highest BCUT2D eigenvalue weighted by Crippen LogP contribution is 2.57. The molecule has 120 valence electrons. The summed E-state index contributed by atoms with van der Waals surface area (Å²) in [7, 11) is 0. The summed E-state index contributed by atoms with van der Waals surface area (Å²) in [5.41, 5.74) is 1.72. The molecule has 4 saturated carbocycles. The fourth-order valence-corrected chi connectivity index (χ4v) is 5.49. The van der Waals surface area contributed by atoms with Gasteiger partial charge in [0, 0.05) is 0 Å². The van der Waals surface area contributed by atoms with Crippen molar-refractivity contribution in [2.75, 3.05) is 0 Å². The van der Waals surface area contributed by atoms with Gasteiger partial charge >= 0.3 is 0 Å². The maximum Gasteiger partial charge on any atom is 0.101 e. The Hall–Kier alpha value is -2.35. The number of hydrogen-bond acceptors (Lipinski definition) is 4. The molecule has 0 atom stereocenters. The molecule has 24 heavy (non-hydrogen) atoms. The van der Waals surface area contributed by atoms with Crippen molar-refractivity contribution in [3.63, 3.8) is 0 Å². The second-order valence-corrected chi connectivity index (χ2v) is 7.78. The number of hydrogen-bond donors (Lipinski definition) is 0. The third-order valence-corrected chi connectivity index (χ3v) is 6.12. The van der Waals surface area contributed by atoms with Crippen molar-refractivity contribution in [1.82, 2.24) is 0 Å². The average Bonchev–Trinajstić information content (AvgIpc) is 2.58. The van der Waals surface area contributed by atoms with Crippen molar-refractivity contribution in [1.29, 1.82) is 15.8 Å². The van der Waals surface area contributed by atoms with Gasteiger partial charge in [-0.3, -0.25) is 0 Å². The van der Waals surface area contributed by atoms with Gasteiger partial charge in [-0.1, -0.05) is 0 Å². The molecule has 0 amide bonds. The van der Waals surface area contributed by atoms with Crippen LogP contribution < -0.4 is 0 Å². The summed E-state index contributed by atoms with van der Waals surface area (Å²) < 4.78 is 6.40. The normalized spacial score (nSPS) is 32.8. The van der Waals surface area contributed by atoms with Gasteiger partial charge in [-0.2, -0.15) is 15.8 Å². The van der Waals surface area contributed by atoms with Gasteiger partial charge in [-0.15, -0.1) is 0 Å². The Morgan fingerprint density at radius 1 is 0.833 bits per heavy atom. The zero-order valence-electron chi connectivity index (χ0n) is 13.6. The topological polar surface area (TPSA) is 80.6 Å². The van der Waals surface area contributed by atoms with Crippen LogP contribution in [-0.4, -0.2) is 5.60 Å². The van der Waals surface area contributed by atoms with Crippen LogP contribution in [0.2, 0.25) is 0 Å². The third kappa shape index (κ3) is 2.47. The molecular weight excluding hydrogens is 298 g/mol. The molecule has 0 spiro atoms. The van der Waals surface area contributed by atoms with Gasteiger partial charge in [0.05, 0.1) is 35.0 Å². The summed E-state index contributed by atoms with van der Waals surface area (Å²) in [6.07, 6.45) is 7.51. The minimum atomic E-state index is -0.0256. The predicted octanol–water partition coefficient (Wildman–Crippen LogP) is 3.79. The number of ether oxygens (including phenoxy) is 1. The molecule has 0 saturated heterocycles. The zero-order valence-corrected chi connectivity index (χ0v) is 13.6. The van der Waals surface area contributed by atoms with Crippen LogP contribution in [0, 0.1) is 51.7 Å². The number of rotatable bonds is 3. The lowest BCUT2D eigenvalue weighted by molar-refractivity contribution is -0.168. The largest absolute Gasteiger partial charge is 0.370 e. The van der Waals surface area contributed by atoms with E-state index >= 15 is 0 Å². The van der Waals surface area contributed by atoms with Crippen LogP contribution in [0.5, 0.6) is 0 Å². The highest BCUT2D eigenvalue weighted by Gasteiger charge is 2.51. The molecule has 4 fully saturated rings. The van der Waals surface area contributed by atoms with E-state index < -0.39 is 0 Å². The van der Waals surface area contributed by atoms with Crippen LogP contribution >= 0.6 is 0 Å². The predicted molar refractivity (Wildman–Crippen MR) is 86.3 cm³/mol. The second kappa shape index (κ2) is 5.62. The molecule has 0 aromatic heterocycles. The van der Waals surface area contributed by atoms with E-state index in [0.29, 0.717) is 17.7 Å². The fourth-order valence-electron chi connectivity index (χ4n) is 5.49. The minimum Gasteiger partial charge on any atom is -0.370 e. The first-order valence-electron chi connectivity index (χ1n) is 8.66. The second-order valence-electron chi connectivity index (χ2n) is 7.78. The van der Waals surface area contributed by atoms with E-state index in [2.05, 4.69) is 6.07 Å². The Labute approximate surface area is 142 Å². The van der Waals surface area contributed by atoms with Gasteiger partial charge < -0.3 is 4.74 Å². The van der Waals surface area contributed by atoms with Crippen molar-refractivity contribution >= 4 is 0 Å². The van der Waals surface area contributed by atoms with Gasteiger partial charge in [-0.05, 0) is 74.0 Å². The molecule has 0 N–H and O–H groups in total. The van der Waals surface area contributed by atoms with E-state index in [1.54, 1.807) is 6.07 Å². The Balaban J connectivity index is 1.57. The summed E-state index contributed by atoms with van der Waals surface area (Å²) in [6, 6.07) is 9.33. The van der Waals surface area contributed by atoms with Gasteiger partial charge in [0.2, 0.25) is 0 Å². The smallest absolute Gasteiger partial charge is 0.101 e. The number of nitriles is 3. The average molecular weight is 317 g/mol. The molecule has 4 bridgehead atoms. The number of nitrogens with zero attached hydrogens (tertiary/aromatic N) is 3. The first-order valence-corrected chi connectivity index (χ1v) is 8.66. The van der Waals surface area contributed by atoms with E-state index in [1.165, 1.54) is 25.3 Å². The molecule has 0 unspecified atom stereocenters. The van der Waals surface area contributed by atoms with Gasteiger partial charge in [0.15, 0.2) is 0 Å². The molecular formula is C20H19N3O. The highest BCUT2D eigenvalue weighted by atomic mass is 16.5. The molecule has 1 aromatic rings. The van der Waals surface area contributed by atoms with E-state index in [4.69, 9.17) is 10.00 Å². The number of benzene rings is 1.